The summed E-state index contributed by atoms with van der Waals surface area (Å²) in [5.74, 6) is 0. The molecule has 0 bridgehead atoms. The van der Waals surface area contributed by atoms with Crippen LogP contribution in [-0.4, -0.2) is 32.2 Å². The molecule has 21 heavy (non-hydrogen) atoms. The third kappa shape index (κ3) is 6.87. The zero-order valence-corrected chi connectivity index (χ0v) is 12.6. The lowest BCUT2D eigenvalue weighted by molar-refractivity contribution is -0.132. The van der Waals surface area contributed by atoms with Gasteiger partial charge in [-0.2, -0.15) is 13.2 Å². The van der Waals surface area contributed by atoms with Crippen molar-refractivity contribution >= 4 is 10.0 Å². The molecule has 1 aromatic rings. The minimum absolute atomic E-state index is 0.275. The van der Waals surface area contributed by atoms with Gasteiger partial charge in [-0.3, -0.25) is 0 Å². The first-order chi connectivity index (χ1) is 9.60. The summed E-state index contributed by atoms with van der Waals surface area (Å²) in [6, 6.07) is 3.12. The van der Waals surface area contributed by atoms with Crippen molar-refractivity contribution in [3.63, 3.8) is 0 Å². The molecule has 1 heterocycles. The second-order valence-corrected chi connectivity index (χ2v) is 6.52. The van der Waals surface area contributed by atoms with Gasteiger partial charge < -0.3 is 5.32 Å². The largest absolute Gasteiger partial charge is 0.390 e. The SMILES string of the molecule is CC(C)NCc1ccc(S(=O)(=O)NCCC(F)(F)F)nc1. The molecule has 0 amide bonds. The number of alkyl halides is 3. The van der Waals surface area contributed by atoms with Crippen molar-refractivity contribution in [3.05, 3.63) is 23.9 Å². The monoisotopic (exact) mass is 325 g/mol. The molecule has 0 saturated carbocycles. The molecule has 2 N–H and O–H groups in total. The van der Waals surface area contributed by atoms with E-state index < -0.39 is 29.2 Å². The number of nitrogens with one attached hydrogen (secondary N) is 2. The maximum absolute atomic E-state index is 12.0. The highest BCUT2D eigenvalue weighted by Gasteiger charge is 2.27. The van der Waals surface area contributed by atoms with Crippen molar-refractivity contribution in [1.29, 1.82) is 0 Å². The summed E-state index contributed by atoms with van der Waals surface area (Å²) in [6.07, 6.45) is -4.24. The lowest BCUT2D eigenvalue weighted by atomic mass is 10.2. The molecule has 0 aliphatic carbocycles. The van der Waals surface area contributed by atoms with Crippen LogP contribution in [0.25, 0.3) is 0 Å². The minimum atomic E-state index is -4.40. The zero-order valence-electron chi connectivity index (χ0n) is 11.7. The molecule has 1 rings (SSSR count). The first-order valence-corrected chi connectivity index (χ1v) is 7.83. The number of sulfonamides is 1. The molecule has 0 aliphatic heterocycles. The van der Waals surface area contributed by atoms with E-state index in [0.29, 0.717) is 6.54 Å². The molecule has 9 heteroatoms. The van der Waals surface area contributed by atoms with E-state index in [2.05, 4.69) is 10.3 Å². The fraction of sp³-hybridized carbons (Fsp3) is 0.583. The van der Waals surface area contributed by atoms with Crippen molar-refractivity contribution in [2.24, 2.45) is 0 Å². The quantitative estimate of drug-likeness (QED) is 0.802. The molecule has 0 fully saturated rings. The number of halogens is 3. The van der Waals surface area contributed by atoms with Crippen LogP contribution in [0.2, 0.25) is 0 Å². The second-order valence-electron chi connectivity index (χ2n) is 4.80. The van der Waals surface area contributed by atoms with E-state index in [-0.39, 0.29) is 11.1 Å². The Labute approximate surface area is 122 Å². The summed E-state index contributed by atoms with van der Waals surface area (Å²) < 4.78 is 61.3. The Hall–Kier alpha value is -1.19. The van der Waals surface area contributed by atoms with Gasteiger partial charge in [0.05, 0.1) is 6.42 Å². The Morgan fingerprint density at radius 2 is 1.95 bits per heavy atom. The van der Waals surface area contributed by atoms with Crippen molar-refractivity contribution in [3.8, 4) is 0 Å². The van der Waals surface area contributed by atoms with Crippen LogP contribution in [0.5, 0.6) is 0 Å². The molecule has 0 aliphatic rings. The number of hydrogen-bond donors (Lipinski definition) is 2. The van der Waals surface area contributed by atoms with E-state index in [1.54, 1.807) is 6.07 Å². The van der Waals surface area contributed by atoms with Crippen molar-refractivity contribution in [1.82, 2.24) is 15.0 Å². The van der Waals surface area contributed by atoms with Crippen LogP contribution in [0.1, 0.15) is 25.8 Å². The molecular weight excluding hydrogens is 307 g/mol. The van der Waals surface area contributed by atoms with E-state index in [1.165, 1.54) is 12.3 Å². The normalized spacial score (nSPS) is 12.9. The summed E-state index contributed by atoms with van der Waals surface area (Å²) >= 11 is 0. The first-order valence-electron chi connectivity index (χ1n) is 6.35. The third-order valence-electron chi connectivity index (χ3n) is 2.49. The number of nitrogens with zero attached hydrogens (tertiary/aromatic N) is 1. The molecule has 0 unspecified atom stereocenters. The summed E-state index contributed by atoms with van der Waals surface area (Å²) in [5.41, 5.74) is 0.790. The molecule has 0 atom stereocenters. The van der Waals surface area contributed by atoms with Crippen LogP contribution in [0, 0.1) is 0 Å². The number of hydrogen-bond acceptors (Lipinski definition) is 4. The van der Waals surface area contributed by atoms with Gasteiger partial charge in [-0.1, -0.05) is 19.9 Å². The summed E-state index contributed by atoms with van der Waals surface area (Å²) in [4.78, 5) is 3.77. The van der Waals surface area contributed by atoms with Crippen molar-refractivity contribution < 1.29 is 21.6 Å². The van der Waals surface area contributed by atoms with Gasteiger partial charge in [-0.15, -0.1) is 0 Å². The molecule has 0 saturated heterocycles. The van der Waals surface area contributed by atoms with Crippen LogP contribution in [-0.2, 0) is 16.6 Å². The summed E-state index contributed by atoms with van der Waals surface area (Å²) in [6.45, 7) is 3.77. The Morgan fingerprint density at radius 3 is 2.43 bits per heavy atom. The second kappa shape index (κ2) is 7.19. The van der Waals surface area contributed by atoms with E-state index in [4.69, 9.17) is 0 Å². The van der Waals surface area contributed by atoms with E-state index >= 15 is 0 Å². The standard InChI is InChI=1S/C12H18F3N3O2S/c1-9(2)16-7-10-3-4-11(17-8-10)21(19,20)18-6-5-12(13,14)15/h3-4,8-9,16,18H,5-7H2,1-2H3. The average molecular weight is 325 g/mol. The predicted octanol–water partition coefficient (Wildman–Crippen LogP) is 1.81. The van der Waals surface area contributed by atoms with E-state index in [1.807, 2.05) is 18.6 Å². The van der Waals surface area contributed by atoms with Crippen LogP contribution < -0.4 is 10.0 Å². The average Bonchev–Trinajstić information content (AvgIpc) is 2.35. The fourth-order valence-electron chi connectivity index (χ4n) is 1.40. The van der Waals surface area contributed by atoms with E-state index in [0.717, 1.165) is 5.56 Å². The highest BCUT2D eigenvalue weighted by atomic mass is 32.2. The van der Waals surface area contributed by atoms with Gasteiger partial charge in [0, 0.05) is 25.3 Å². The maximum atomic E-state index is 12.0. The molecule has 0 spiro atoms. The number of pyridine rings is 1. The highest BCUT2D eigenvalue weighted by molar-refractivity contribution is 7.89. The number of rotatable bonds is 7. The number of aromatic nitrogens is 1. The summed E-state index contributed by atoms with van der Waals surface area (Å²) in [5, 5.41) is 2.85. The van der Waals surface area contributed by atoms with Gasteiger partial charge in [0.1, 0.15) is 0 Å². The smallest absolute Gasteiger partial charge is 0.310 e. The fourth-order valence-corrected chi connectivity index (χ4v) is 2.35. The van der Waals surface area contributed by atoms with Gasteiger partial charge in [0.25, 0.3) is 10.0 Å². The predicted molar refractivity (Wildman–Crippen MR) is 72.1 cm³/mol. The Bertz CT molecular complexity index is 542. The lowest BCUT2D eigenvalue weighted by Gasteiger charge is -2.10. The van der Waals surface area contributed by atoms with Gasteiger partial charge in [-0.05, 0) is 11.6 Å². The van der Waals surface area contributed by atoms with Crippen LogP contribution in [0.15, 0.2) is 23.4 Å². The van der Waals surface area contributed by atoms with Crippen LogP contribution in [0.3, 0.4) is 0 Å². The molecule has 0 radical (unpaired) electrons. The van der Waals surface area contributed by atoms with E-state index in [9.17, 15) is 21.6 Å². The van der Waals surface area contributed by atoms with Crippen molar-refractivity contribution in [2.45, 2.75) is 44.1 Å². The molecule has 1 aromatic heterocycles. The molecule has 5 nitrogen and oxygen atoms in total. The van der Waals surface area contributed by atoms with Gasteiger partial charge in [0.2, 0.25) is 0 Å². The third-order valence-corrected chi connectivity index (χ3v) is 3.86. The first kappa shape index (κ1) is 17.9. The Kier molecular flexibility index (Phi) is 6.11. The summed E-state index contributed by atoms with van der Waals surface area (Å²) in [7, 11) is -4.01. The highest BCUT2D eigenvalue weighted by Crippen LogP contribution is 2.18. The van der Waals surface area contributed by atoms with Crippen LogP contribution >= 0.6 is 0 Å². The maximum Gasteiger partial charge on any atom is 0.390 e. The topological polar surface area (TPSA) is 71.1 Å². The Balaban J connectivity index is 2.63. The molecular formula is C12H18F3N3O2S. The zero-order chi connectivity index (χ0) is 16.1. The molecule has 120 valence electrons. The minimum Gasteiger partial charge on any atom is -0.310 e. The lowest BCUT2D eigenvalue weighted by Crippen LogP contribution is -2.28. The van der Waals surface area contributed by atoms with Gasteiger partial charge >= 0.3 is 6.18 Å². The molecule has 0 aromatic carbocycles. The van der Waals surface area contributed by atoms with Crippen molar-refractivity contribution in [2.75, 3.05) is 6.54 Å². The van der Waals surface area contributed by atoms with Gasteiger partial charge in [-0.25, -0.2) is 18.1 Å². The Morgan fingerprint density at radius 1 is 1.29 bits per heavy atom. The van der Waals surface area contributed by atoms with Gasteiger partial charge in [0.15, 0.2) is 5.03 Å². The van der Waals surface area contributed by atoms with Crippen LogP contribution in [0.4, 0.5) is 13.2 Å².